The van der Waals surface area contributed by atoms with E-state index in [4.69, 9.17) is 19.1 Å². The Bertz CT molecular complexity index is 289. The Kier molecular flexibility index (Phi) is 21.5. The normalized spacial score (nSPS) is 14.4. The molecule has 0 saturated heterocycles. The van der Waals surface area contributed by atoms with Crippen molar-refractivity contribution in [3.8, 4) is 0 Å². The summed E-state index contributed by atoms with van der Waals surface area (Å²) in [5.74, 6) is 1.47. The Hall–Kier alpha value is 1.58. The molecular weight excluding hydrogens is 511 g/mol. The van der Waals surface area contributed by atoms with Gasteiger partial charge < -0.3 is 0 Å². The van der Waals surface area contributed by atoms with Crippen LogP contribution in [0.15, 0.2) is 22.3 Å². The standard InChI is InChI=1S/C10H15.2C3H9P.2ClH.Re/c1-6-7(2)9(4)10(5)8(6)3;2*1-4(2)3;;;/h1-5H3;2*1-3H3;2*1H;/q;;;;;+2/p-2. The molecule has 1 aliphatic rings. The summed E-state index contributed by atoms with van der Waals surface area (Å²) >= 11 is -0.722. The van der Waals surface area contributed by atoms with E-state index in [1.165, 1.54) is 28.2 Å². The Balaban J connectivity index is -0.000000247. The third kappa shape index (κ3) is 17.8. The Labute approximate surface area is 153 Å². The molecule has 1 rings (SSSR count). The van der Waals surface area contributed by atoms with Gasteiger partial charge in [-0.15, -0.1) is 15.8 Å². The molecule has 0 heterocycles. The van der Waals surface area contributed by atoms with Crippen LogP contribution in [0.1, 0.15) is 34.6 Å². The summed E-state index contributed by atoms with van der Waals surface area (Å²) < 4.78 is 0. The van der Waals surface area contributed by atoms with Gasteiger partial charge in [0.15, 0.2) is 0 Å². The van der Waals surface area contributed by atoms with Crippen LogP contribution in [0.5, 0.6) is 0 Å². The summed E-state index contributed by atoms with van der Waals surface area (Å²) in [5.41, 5.74) is 5.87. The average Bonchev–Trinajstić information content (AvgIpc) is 2.47. The van der Waals surface area contributed by atoms with Gasteiger partial charge in [0.1, 0.15) is 0 Å². The van der Waals surface area contributed by atoms with Crippen LogP contribution in [0, 0.1) is 5.92 Å². The monoisotopic (exact) mass is 544 g/mol. The Morgan fingerprint density at radius 2 is 0.714 bits per heavy atom. The van der Waals surface area contributed by atoms with Crippen molar-refractivity contribution in [2.75, 3.05) is 40.0 Å². The van der Waals surface area contributed by atoms with E-state index in [-0.39, 0.29) is 0 Å². The van der Waals surface area contributed by atoms with Gasteiger partial charge in [-0.1, -0.05) is 18.1 Å². The first-order chi connectivity index (χ1) is 9.43. The molecule has 1 radical (unpaired) electrons. The van der Waals surface area contributed by atoms with Gasteiger partial charge in [0, 0.05) is 5.92 Å². The van der Waals surface area contributed by atoms with Crippen molar-refractivity contribution in [3.05, 3.63) is 28.2 Å². The van der Waals surface area contributed by atoms with E-state index in [0.717, 1.165) is 0 Å². The van der Waals surface area contributed by atoms with E-state index in [0.29, 0.717) is 15.8 Å². The minimum atomic E-state index is -0.722. The predicted octanol–water partition coefficient (Wildman–Crippen LogP) is 7.36. The molecule has 0 saturated carbocycles. The van der Waals surface area contributed by atoms with E-state index >= 15 is 0 Å². The van der Waals surface area contributed by atoms with Crippen LogP contribution >= 0.6 is 34.9 Å². The van der Waals surface area contributed by atoms with Crippen LogP contribution in [0.4, 0.5) is 0 Å². The van der Waals surface area contributed by atoms with Gasteiger partial charge in [0.05, 0.1) is 0 Å². The molecule has 1 aliphatic carbocycles. The molecular formula is C16H33Cl2P2Re. The maximum absolute atomic E-state index is 4.92. The summed E-state index contributed by atoms with van der Waals surface area (Å²) in [4.78, 5) is 0. The second kappa shape index (κ2) is 16.4. The Morgan fingerprint density at radius 3 is 0.762 bits per heavy atom. The van der Waals surface area contributed by atoms with Crippen LogP contribution in [0.3, 0.4) is 0 Å². The van der Waals surface area contributed by atoms with Crippen molar-refractivity contribution >= 4 is 34.9 Å². The van der Waals surface area contributed by atoms with Gasteiger partial charge in [-0.05, 0) is 78.8 Å². The van der Waals surface area contributed by atoms with Crippen molar-refractivity contribution in [2.24, 2.45) is 0 Å². The molecule has 5 heteroatoms. The summed E-state index contributed by atoms with van der Waals surface area (Å²) in [5, 5.41) is 0. The van der Waals surface area contributed by atoms with Crippen molar-refractivity contribution in [1.82, 2.24) is 0 Å². The third-order valence-electron chi connectivity index (χ3n) is 2.81. The molecule has 0 nitrogen and oxygen atoms in total. The Morgan fingerprint density at radius 1 is 0.571 bits per heavy atom. The van der Waals surface area contributed by atoms with E-state index in [1.807, 2.05) is 0 Å². The fraction of sp³-hybridized carbons (Fsp3) is 0.688. The predicted molar refractivity (Wildman–Crippen MR) is 107 cm³/mol. The molecule has 0 aromatic carbocycles. The van der Waals surface area contributed by atoms with Gasteiger partial charge in [-0.2, -0.15) is 0 Å². The fourth-order valence-electron chi connectivity index (χ4n) is 1.41. The van der Waals surface area contributed by atoms with Crippen LogP contribution in [-0.2, 0) is 15.9 Å². The molecule has 21 heavy (non-hydrogen) atoms. The summed E-state index contributed by atoms with van der Waals surface area (Å²) in [6.45, 7) is 24.4. The van der Waals surface area contributed by atoms with Crippen LogP contribution in [0.2, 0.25) is 0 Å². The van der Waals surface area contributed by atoms with Crippen molar-refractivity contribution in [3.63, 3.8) is 0 Å². The van der Waals surface area contributed by atoms with Crippen LogP contribution < -0.4 is 0 Å². The van der Waals surface area contributed by atoms with Crippen molar-refractivity contribution < 1.29 is 15.9 Å². The first-order valence-electron chi connectivity index (χ1n) is 6.72. The third-order valence-corrected chi connectivity index (χ3v) is 2.81. The molecule has 0 unspecified atom stereocenters. The first-order valence-corrected chi connectivity index (χ1v) is 18.8. The quantitative estimate of drug-likeness (QED) is 0.280. The van der Waals surface area contributed by atoms with E-state index in [1.54, 1.807) is 0 Å². The van der Waals surface area contributed by atoms with Gasteiger partial charge >= 0.3 is 35.0 Å². The second-order valence-corrected chi connectivity index (χ2v) is 15.2. The van der Waals surface area contributed by atoms with Gasteiger partial charge in [0.25, 0.3) is 0 Å². The molecule has 0 atom stereocenters. The number of rotatable bonds is 0. The first kappa shape index (κ1) is 27.4. The zero-order valence-corrected chi connectivity index (χ0v) is 21.5. The molecule has 128 valence electrons. The molecule has 0 fully saturated rings. The number of hydrogen-bond donors (Lipinski definition) is 0. The second-order valence-electron chi connectivity index (χ2n) is 5.86. The van der Waals surface area contributed by atoms with Crippen LogP contribution in [-0.4, -0.2) is 40.0 Å². The summed E-state index contributed by atoms with van der Waals surface area (Å²) in [6.07, 6.45) is 0. The summed E-state index contributed by atoms with van der Waals surface area (Å²) in [7, 11) is 10.6. The molecule has 0 N–H and O–H groups in total. The molecule has 0 aromatic heterocycles. The summed E-state index contributed by atoms with van der Waals surface area (Å²) in [6, 6.07) is 0. The molecule has 0 bridgehead atoms. The zero-order valence-electron chi connectivity index (χ0n) is 15.5. The zero-order chi connectivity index (χ0) is 17.7. The molecule has 0 amide bonds. The van der Waals surface area contributed by atoms with Gasteiger partial charge in [-0.25, -0.2) is 0 Å². The van der Waals surface area contributed by atoms with Crippen LogP contribution in [0.25, 0.3) is 0 Å². The van der Waals surface area contributed by atoms with E-state index < -0.39 is 15.9 Å². The number of hydrogen-bond acceptors (Lipinski definition) is 0. The fourth-order valence-corrected chi connectivity index (χ4v) is 1.41. The van der Waals surface area contributed by atoms with Crippen molar-refractivity contribution in [2.45, 2.75) is 34.6 Å². The topological polar surface area (TPSA) is 0 Å². The molecule has 0 aliphatic heterocycles. The average molecular weight is 545 g/mol. The number of halogens is 2. The van der Waals surface area contributed by atoms with Gasteiger partial charge in [0.2, 0.25) is 0 Å². The minimum absolute atomic E-state index is 0.380. The van der Waals surface area contributed by atoms with Gasteiger partial charge in [-0.3, -0.25) is 0 Å². The van der Waals surface area contributed by atoms with E-state index in [9.17, 15) is 0 Å². The van der Waals surface area contributed by atoms with E-state index in [2.05, 4.69) is 74.6 Å². The molecule has 0 aromatic rings. The SMILES string of the molecule is CP(C)C.CP(C)C.C[C]1C(C)=C(C)C(C)=C1C.[Cl][Re][Cl]. The number of allylic oxidation sites excluding steroid dienone is 4. The molecule has 0 spiro atoms. The maximum atomic E-state index is 4.92. The van der Waals surface area contributed by atoms with Crippen molar-refractivity contribution in [1.29, 1.82) is 0 Å².